The molecule has 3 nitrogen and oxygen atoms in total. The van der Waals surface area contributed by atoms with E-state index in [2.05, 4.69) is 16.0 Å². The van der Waals surface area contributed by atoms with Crippen molar-refractivity contribution in [2.45, 2.75) is 0 Å². The number of hydrogen-bond acceptors (Lipinski definition) is 3. The van der Waals surface area contributed by atoms with E-state index in [1.807, 2.05) is 24.3 Å². The molecule has 0 fully saturated rings. The van der Waals surface area contributed by atoms with Crippen molar-refractivity contribution in [2.75, 3.05) is 0 Å². The Balaban J connectivity index is 2.36. The summed E-state index contributed by atoms with van der Waals surface area (Å²) >= 11 is 0. The van der Waals surface area contributed by atoms with E-state index in [0.717, 1.165) is 22.2 Å². The van der Waals surface area contributed by atoms with Crippen LogP contribution in [0.2, 0.25) is 0 Å². The number of oxazole rings is 1. The van der Waals surface area contributed by atoms with Gasteiger partial charge in [-0.2, -0.15) is 0 Å². The molecule has 0 saturated heterocycles. The lowest BCUT2D eigenvalue weighted by Crippen LogP contribution is -1.85. The van der Waals surface area contributed by atoms with E-state index in [1.54, 1.807) is 12.5 Å². The maximum Gasteiger partial charge on any atom is 0.181 e. The van der Waals surface area contributed by atoms with E-state index in [4.69, 9.17) is 4.42 Å². The predicted octanol–water partition coefficient (Wildman–Crippen LogP) is 2.89. The van der Waals surface area contributed by atoms with Gasteiger partial charge in [0.25, 0.3) is 0 Å². The Labute approximate surface area is 86.4 Å². The number of rotatable bonds is 1. The third-order valence-corrected chi connectivity index (χ3v) is 2.35. The molecule has 3 rings (SSSR count). The van der Waals surface area contributed by atoms with Crippen molar-refractivity contribution in [1.82, 2.24) is 9.97 Å². The molecule has 0 unspecified atom stereocenters. The fourth-order valence-electron chi connectivity index (χ4n) is 1.65. The molecule has 1 aromatic carbocycles. The molecule has 0 aliphatic carbocycles. The van der Waals surface area contributed by atoms with Crippen LogP contribution in [0.25, 0.3) is 22.2 Å². The Morgan fingerprint density at radius 1 is 1.00 bits per heavy atom. The van der Waals surface area contributed by atoms with E-state index >= 15 is 0 Å². The van der Waals surface area contributed by atoms with E-state index in [1.165, 1.54) is 6.39 Å². The van der Waals surface area contributed by atoms with Crippen molar-refractivity contribution in [3.63, 3.8) is 0 Å². The van der Waals surface area contributed by atoms with Gasteiger partial charge in [-0.25, -0.2) is 4.98 Å². The molecule has 2 heterocycles. The van der Waals surface area contributed by atoms with Gasteiger partial charge in [0.2, 0.25) is 0 Å². The van der Waals surface area contributed by atoms with Crippen LogP contribution < -0.4 is 0 Å². The van der Waals surface area contributed by atoms with Gasteiger partial charge in [0.15, 0.2) is 6.39 Å². The molecule has 2 aromatic heterocycles. The molecule has 0 radical (unpaired) electrons. The zero-order valence-electron chi connectivity index (χ0n) is 7.92. The van der Waals surface area contributed by atoms with Crippen molar-refractivity contribution in [3.8, 4) is 11.4 Å². The summed E-state index contributed by atoms with van der Waals surface area (Å²) < 4.78 is 4.97. The van der Waals surface area contributed by atoms with Crippen LogP contribution in [0.15, 0.2) is 53.6 Å². The Bertz CT molecular complexity index is 582. The standard InChI is InChI=1S/C12H8N2O/c1-2-4-10-9(3-1)5-6-13-12(10)11-7-15-8-14-11/h1-8H. The van der Waals surface area contributed by atoms with Crippen molar-refractivity contribution < 1.29 is 4.42 Å². The summed E-state index contributed by atoms with van der Waals surface area (Å²) in [6, 6.07) is 10.1. The van der Waals surface area contributed by atoms with Crippen molar-refractivity contribution in [3.05, 3.63) is 49.2 Å². The molecule has 0 spiro atoms. The molecule has 0 saturated carbocycles. The number of fused-ring (bicyclic) bond motifs is 1. The number of benzene rings is 1. The summed E-state index contributed by atoms with van der Waals surface area (Å²) in [4.78, 5) is 8.43. The zero-order chi connectivity index (χ0) is 10.1. The lowest BCUT2D eigenvalue weighted by atomic mass is 10.1. The van der Waals surface area contributed by atoms with Crippen molar-refractivity contribution in [1.29, 1.82) is 0 Å². The Morgan fingerprint density at radius 3 is 2.80 bits per heavy atom. The second-order valence-corrected chi connectivity index (χ2v) is 3.25. The van der Waals surface area contributed by atoms with E-state index in [9.17, 15) is 0 Å². The van der Waals surface area contributed by atoms with Crippen LogP contribution >= 0.6 is 0 Å². The molecule has 0 aliphatic heterocycles. The highest BCUT2D eigenvalue weighted by molar-refractivity contribution is 5.93. The first kappa shape index (κ1) is 8.17. The van der Waals surface area contributed by atoms with Gasteiger partial charge in [-0.1, -0.05) is 24.3 Å². The molecule has 0 atom stereocenters. The molecule has 0 aliphatic rings. The maximum absolute atomic E-state index is 4.97. The Morgan fingerprint density at radius 2 is 1.93 bits per heavy atom. The first-order valence-electron chi connectivity index (χ1n) is 4.67. The summed E-state index contributed by atoms with van der Waals surface area (Å²) in [6.45, 7) is 0. The second kappa shape index (κ2) is 3.20. The normalized spacial score (nSPS) is 10.7. The minimum atomic E-state index is 0.770. The summed E-state index contributed by atoms with van der Waals surface area (Å²) in [6.07, 6.45) is 4.81. The highest BCUT2D eigenvalue weighted by Gasteiger charge is 2.06. The average molecular weight is 196 g/mol. The lowest BCUT2D eigenvalue weighted by molar-refractivity contribution is 0.558. The minimum Gasteiger partial charge on any atom is -0.451 e. The van der Waals surface area contributed by atoms with Crippen LogP contribution in [-0.4, -0.2) is 9.97 Å². The number of hydrogen-bond donors (Lipinski definition) is 0. The summed E-state index contributed by atoms with van der Waals surface area (Å²) in [5.41, 5.74) is 1.63. The molecule has 3 heteroatoms. The van der Waals surface area contributed by atoms with Crippen LogP contribution in [0.4, 0.5) is 0 Å². The Kier molecular flexibility index (Phi) is 1.75. The van der Waals surface area contributed by atoms with Crippen molar-refractivity contribution in [2.24, 2.45) is 0 Å². The van der Waals surface area contributed by atoms with Gasteiger partial charge >= 0.3 is 0 Å². The molecule has 15 heavy (non-hydrogen) atoms. The fraction of sp³-hybridized carbons (Fsp3) is 0. The minimum absolute atomic E-state index is 0.770. The van der Waals surface area contributed by atoms with Crippen LogP contribution in [0.5, 0.6) is 0 Å². The third kappa shape index (κ3) is 1.29. The SMILES string of the molecule is c1ccc2c(-c3cocn3)nccc2c1. The molecule has 0 N–H and O–H groups in total. The largest absolute Gasteiger partial charge is 0.451 e. The summed E-state index contributed by atoms with van der Waals surface area (Å²) in [5.74, 6) is 0. The fourth-order valence-corrected chi connectivity index (χ4v) is 1.65. The van der Waals surface area contributed by atoms with Gasteiger partial charge in [0.1, 0.15) is 12.0 Å². The third-order valence-electron chi connectivity index (χ3n) is 2.35. The van der Waals surface area contributed by atoms with E-state index < -0.39 is 0 Å². The molecule has 3 aromatic rings. The topological polar surface area (TPSA) is 38.9 Å². The number of nitrogens with zero attached hydrogens (tertiary/aromatic N) is 2. The van der Waals surface area contributed by atoms with Gasteiger partial charge in [-0.15, -0.1) is 0 Å². The molecule has 0 amide bonds. The van der Waals surface area contributed by atoms with Crippen LogP contribution in [-0.2, 0) is 0 Å². The van der Waals surface area contributed by atoms with Gasteiger partial charge in [-0.3, -0.25) is 4.98 Å². The average Bonchev–Trinajstić information content (AvgIpc) is 2.82. The summed E-state index contributed by atoms with van der Waals surface area (Å²) in [7, 11) is 0. The first-order chi connectivity index (χ1) is 7.45. The molecular weight excluding hydrogens is 188 g/mol. The van der Waals surface area contributed by atoms with Crippen LogP contribution in [0.1, 0.15) is 0 Å². The number of aromatic nitrogens is 2. The van der Waals surface area contributed by atoms with Crippen LogP contribution in [0, 0.1) is 0 Å². The first-order valence-corrected chi connectivity index (χ1v) is 4.67. The number of pyridine rings is 1. The smallest absolute Gasteiger partial charge is 0.181 e. The van der Waals surface area contributed by atoms with Crippen LogP contribution in [0.3, 0.4) is 0 Å². The Hall–Kier alpha value is -2.16. The molecule has 0 bridgehead atoms. The van der Waals surface area contributed by atoms with E-state index in [-0.39, 0.29) is 0 Å². The highest BCUT2D eigenvalue weighted by atomic mass is 16.3. The highest BCUT2D eigenvalue weighted by Crippen LogP contribution is 2.24. The maximum atomic E-state index is 4.97. The van der Waals surface area contributed by atoms with Gasteiger partial charge in [-0.05, 0) is 11.5 Å². The quantitative estimate of drug-likeness (QED) is 0.600. The second-order valence-electron chi connectivity index (χ2n) is 3.25. The van der Waals surface area contributed by atoms with Gasteiger partial charge in [0.05, 0.1) is 5.69 Å². The lowest BCUT2D eigenvalue weighted by Gasteiger charge is -2.01. The van der Waals surface area contributed by atoms with Gasteiger partial charge < -0.3 is 4.42 Å². The van der Waals surface area contributed by atoms with Crippen molar-refractivity contribution >= 4 is 10.8 Å². The summed E-state index contributed by atoms with van der Waals surface area (Å²) in [5, 5.41) is 2.25. The monoisotopic (exact) mass is 196 g/mol. The molecular formula is C12H8N2O. The van der Waals surface area contributed by atoms with E-state index in [0.29, 0.717) is 0 Å². The zero-order valence-corrected chi connectivity index (χ0v) is 7.92. The molecule has 72 valence electrons. The van der Waals surface area contributed by atoms with Gasteiger partial charge in [0, 0.05) is 11.6 Å². The predicted molar refractivity (Wildman–Crippen MR) is 57.2 cm³/mol.